The third-order valence-electron chi connectivity index (χ3n) is 9.15. The van der Waals surface area contributed by atoms with Crippen LogP contribution in [0.4, 0.5) is 4.79 Å². The third kappa shape index (κ3) is 7.03. The first-order valence-corrected chi connectivity index (χ1v) is 18.4. The van der Waals surface area contributed by atoms with Gasteiger partial charge in [0.15, 0.2) is 11.5 Å². The van der Waals surface area contributed by atoms with Crippen molar-refractivity contribution in [2.24, 2.45) is 0 Å². The number of hydrogen-bond donors (Lipinski definition) is 0. The summed E-state index contributed by atoms with van der Waals surface area (Å²) < 4.78 is 25.2. The Morgan fingerprint density at radius 3 is 1.96 bits per heavy atom. The molecule has 1 saturated heterocycles. The van der Waals surface area contributed by atoms with E-state index in [0.29, 0.717) is 11.5 Å². The number of methoxy groups -OCH3 is 1. The molecule has 0 N–H and O–H groups in total. The Labute approximate surface area is 275 Å². The predicted molar refractivity (Wildman–Crippen MR) is 184 cm³/mol. The lowest BCUT2D eigenvalue weighted by Gasteiger charge is -2.44. The van der Waals surface area contributed by atoms with E-state index < -0.39 is 26.1 Å². The van der Waals surface area contributed by atoms with Gasteiger partial charge < -0.3 is 18.6 Å². The fraction of sp³-hybridized carbons (Fsp3) is 0.474. The van der Waals surface area contributed by atoms with Crippen LogP contribution in [0.25, 0.3) is 0 Å². The normalized spacial score (nSPS) is 19.4. The summed E-state index contributed by atoms with van der Waals surface area (Å²) >= 11 is 0. The van der Waals surface area contributed by atoms with Crippen molar-refractivity contribution in [1.82, 2.24) is 4.90 Å². The van der Waals surface area contributed by atoms with Gasteiger partial charge in [-0.3, -0.25) is 4.79 Å². The Kier molecular flexibility index (Phi) is 9.99. The van der Waals surface area contributed by atoms with E-state index in [0.717, 1.165) is 41.6 Å². The van der Waals surface area contributed by atoms with Crippen LogP contribution in [0.15, 0.2) is 78.9 Å². The Morgan fingerprint density at radius 1 is 0.848 bits per heavy atom. The zero-order chi connectivity index (χ0) is 33.1. The van der Waals surface area contributed by atoms with E-state index in [1.54, 1.807) is 7.11 Å². The molecule has 1 aliphatic heterocycles. The van der Waals surface area contributed by atoms with E-state index >= 15 is 0 Å². The smallest absolute Gasteiger partial charge is 0.417 e. The summed E-state index contributed by atoms with van der Waals surface area (Å²) in [4.78, 5) is 28.8. The van der Waals surface area contributed by atoms with Gasteiger partial charge in [-0.2, -0.15) is 0 Å². The van der Waals surface area contributed by atoms with Crippen LogP contribution in [0.3, 0.4) is 0 Å². The molecule has 0 radical (unpaired) electrons. The summed E-state index contributed by atoms with van der Waals surface area (Å²) in [6.07, 6.45) is 3.97. The van der Waals surface area contributed by atoms with Crippen molar-refractivity contribution in [1.29, 1.82) is 0 Å². The van der Waals surface area contributed by atoms with Crippen LogP contribution in [-0.4, -0.2) is 56.7 Å². The molecule has 246 valence electrons. The molecular weight excluding hydrogens is 595 g/mol. The minimum Gasteiger partial charge on any atom is -0.493 e. The monoisotopic (exact) mass is 643 g/mol. The van der Waals surface area contributed by atoms with Gasteiger partial charge in [0.1, 0.15) is 5.60 Å². The van der Waals surface area contributed by atoms with Crippen molar-refractivity contribution in [2.45, 2.75) is 102 Å². The molecule has 0 spiro atoms. The van der Waals surface area contributed by atoms with Crippen LogP contribution in [-0.2, 0) is 14.0 Å². The van der Waals surface area contributed by atoms with Gasteiger partial charge in [-0.05, 0) is 79.6 Å². The van der Waals surface area contributed by atoms with Gasteiger partial charge in [0, 0.05) is 12.3 Å². The zero-order valence-corrected chi connectivity index (χ0v) is 29.4. The molecule has 2 atom stereocenters. The van der Waals surface area contributed by atoms with Crippen LogP contribution in [0.2, 0.25) is 5.04 Å². The molecule has 0 aromatic heterocycles. The van der Waals surface area contributed by atoms with Crippen LogP contribution in [0.5, 0.6) is 11.5 Å². The molecule has 8 heteroatoms. The second-order valence-electron chi connectivity index (χ2n) is 14.5. The summed E-state index contributed by atoms with van der Waals surface area (Å²) in [5.74, 6) is 0.727. The molecule has 1 aliphatic carbocycles. The fourth-order valence-corrected chi connectivity index (χ4v) is 11.6. The summed E-state index contributed by atoms with van der Waals surface area (Å²) in [6.45, 7) is 12.3. The summed E-state index contributed by atoms with van der Waals surface area (Å²) in [6, 6.07) is 26.1. The maximum absolute atomic E-state index is 13.8. The number of carbonyl (C=O) groups is 2. The SMILES string of the molecule is COc1ccc([C@H]2CC(=O)N(C(=O)OC(C)(C)C)[C@@H]2CO[Si](c2ccccc2)(c2ccccc2)C(C)(C)C)cc1OC1CCCC1. The number of ether oxygens (including phenoxy) is 3. The lowest BCUT2D eigenvalue weighted by molar-refractivity contribution is -0.128. The van der Waals surface area contributed by atoms with Crippen molar-refractivity contribution >= 4 is 30.7 Å². The highest BCUT2D eigenvalue weighted by molar-refractivity contribution is 6.99. The fourth-order valence-electron chi connectivity index (χ4n) is 7.04. The van der Waals surface area contributed by atoms with E-state index in [1.165, 1.54) is 4.90 Å². The first-order chi connectivity index (χ1) is 21.8. The van der Waals surface area contributed by atoms with E-state index in [1.807, 2.05) is 75.4 Å². The van der Waals surface area contributed by atoms with Gasteiger partial charge in [-0.25, -0.2) is 9.69 Å². The molecule has 2 aliphatic rings. The van der Waals surface area contributed by atoms with Gasteiger partial charge in [-0.1, -0.05) is 87.5 Å². The topological polar surface area (TPSA) is 74.3 Å². The number of nitrogens with zero attached hydrogens (tertiary/aromatic N) is 1. The highest BCUT2D eigenvalue weighted by atomic mass is 28.4. The molecule has 3 aromatic rings. The summed E-state index contributed by atoms with van der Waals surface area (Å²) in [7, 11) is -1.33. The number of amides is 2. The van der Waals surface area contributed by atoms with Gasteiger partial charge >= 0.3 is 6.09 Å². The van der Waals surface area contributed by atoms with Crippen LogP contribution < -0.4 is 19.8 Å². The second-order valence-corrected chi connectivity index (χ2v) is 18.8. The number of imide groups is 1. The van der Waals surface area contributed by atoms with Crippen molar-refractivity contribution in [3.8, 4) is 11.5 Å². The third-order valence-corrected chi connectivity index (χ3v) is 14.2. The highest BCUT2D eigenvalue weighted by Gasteiger charge is 2.53. The molecule has 2 fully saturated rings. The molecule has 1 saturated carbocycles. The number of likely N-dealkylation sites (tertiary alicyclic amines) is 1. The van der Waals surface area contributed by atoms with E-state index in [2.05, 4.69) is 45.0 Å². The van der Waals surface area contributed by atoms with Crippen molar-refractivity contribution in [3.05, 3.63) is 84.4 Å². The number of rotatable bonds is 9. The van der Waals surface area contributed by atoms with Gasteiger partial charge in [0.2, 0.25) is 5.91 Å². The maximum Gasteiger partial charge on any atom is 0.417 e. The first-order valence-electron chi connectivity index (χ1n) is 16.5. The van der Waals surface area contributed by atoms with Gasteiger partial charge in [0.25, 0.3) is 8.32 Å². The minimum atomic E-state index is -2.97. The Bertz CT molecular complexity index is 1450. The van der Waals surface area contributed by atoms with Gasteiger partial charge in [0.05, 0.1) is 25.9 Å². The average molecular weight is 644 g/mol. The minimum absolute atomic E-state index is 0.141. The quantitative estimate of drug-likeness (QED) is 0.230. The van der Waals surface area contributed by atoms with Crippen LogP contribution in [0.1, 0.15) is 85.1 Å². The van der Waals surface area contributed by atoms with Crippen molar-refractivity contribution in [3.63, 3.8) is 0 Å². The Balaban J connectivity index is 1.58. The lowest BCUT2D eigenvalue weighted by Crippen LogP contribution is -2.67. The number of carbonyl (C=O) groups excluding carboxylic acids is 2. The first kappa shape index (κ1) is 33.7. The van der Waals surface area contributed by atoms with Crippen molar-refractivity contribution in [2.75, 3.05) is 13.7 Å². The zero-order valence-electron chi connectivity index (χ0n) is 28.4. The molecule has 5 rings (SSSR count). The lowest BCUT2D eigenvalue weighted by atomic mass is 9.91. The largest absolute Gasteiger partial charge is 0.493 e. The number of hydrogen-bond acceptors (Lipinski definition) is 6. The Hall–Kier alpha value is -3.62. The molecule has 0 bridgehead atoms. The molecule has 2 amide bonds. The standard InChI is InChI=1S/C38H49NO6Si/c1-37(2,3)45-36(41)39-32(26-43-46(38(4,5)6,29-18-10-8-11-19-29)30-20-12-9-13-21-30)31(25-35(39)40)27-22-23-33(42-7)34(24-27)44-28-16-14-15-17-28/h8-13,18-24,28,31-32H,14-17,25-26H2,1-7H3/t31-,32-/m1/s1. The molecule has 7 nitrogen and oxygen atoms in total. The second kappa shape index (κ2) is 13.6. The molecule has 0 unspecified atom stereocenters. The molecular formula is C38H49NO6Si. The highest BCUT2D eigenvalue weighted by Crippen LogP contribution is 2.42. The summed E-state index contributed by atoms with van der Waals surface area (Å²) in [5.41, 5.74) is 0.144. The average Bonchev–Trinajstić information content (AvgIpc) is 3.64. The molecule has 46 heavy (non-hydrogen) atoms. The van der Waals surface area contributed by atoms with E-state index in [4.69, 9.17) is 18.6 Å². The van der Waals surface area contributed by atoms with Crippen molar-refractivity contribution < 1.29 is 28.2 Å². The maximum atomic E-state index is 13.8. The van der Waals surface area contributed by atoms with Crippen LogP contribution in [0, 0.1) is 0 Å². The molecule has 1 heterocycles. The van der Waals surface area contributed by atoms with E-state index in [-0.39, 0.29) is 36.0 Å². The summed E-state index contributed by atoms with van der Waals surface area (Å²) in [5, 5.41) is 2.00. The predicted octanol–water partition coefficient (Wildman–Crippen LogP) is 7.21. The number of benzene rings is 3. The van der Waals surface area contributed by atoms with Gasteiger partial charge in [-0.15, -0.1) is 0 Å². The molecule has 3 aromatic carbocycles. The Morgan fingerprint density at radius 2 is 1.43 bits per heavy atom. The van der Waals surface area contributed by atoms with E-state index in [9.17, 15) is 9.59 Å². The van der Waals surface area contributed by atoms with Crippen LogP contribution >= 0.6 is 0 Å².